The van der Waals surface area contributed by atoms with E-state index in [1.165, 1.54) is 0 Å². The summed E-state index contributed by atoms with van der Waals surface area (Å²) >= 11 is 0. The largest absolute Gasteiger partial charge is 0.368 e. The van der Waals surface area contributed by atoms with Crippen molar-refractivity contribution in [1.29, 1.82) is 0 Å². The second-order valence-corrected chi connectivity index (χ2v) is 5.40. The number of fused-ring (bicyclic) bond motifs is 2. The second kappa shape index (κ2) is 4.47. The number of benzene rings is 1. The molecule has 2 amide bonds. The Balaban J connectivity index is 1.72. The molecule has 3 heterocycles. The molecule has 4 rings (SSSR count). The molecule has 2 aromatic rings. The molecular weight excluding hydrogens is 268 g/mol. The van der Waals surface area contributed by atoms with Gasteiger partial charge in [-0.3, -0.25) is 0 Å². The number of carbonyl (C=O) groups is 1. The van der Waals surface area contributed by atoms with Crippen LogP contribution in [0.3, 0.4) is 0 Å². The van der Waals surface area contributed by atoms with Crippen LogP contribution in [0.15, 0.2) is 24.3 Å². The highest BCUT2D eigenvalue weighted by atomic mass is 16.2. The Hall–Kier alpha value is -2.57. The lowest BCUT2D eigenvalue weighted by atomic mass is 10.1. The molecule has 2 fully saturated rings. The Morgan fingerprint density at radius 2 is 2.10 bits per heavy atom. The molecule has 7 heteroatoms. The van der Waals surface area contributed by atoms with Crippen LogP contribution >= 0.6 is 0 Å². The van der Waals surface area contributed by atoms with Crippen LogP contribution in [0.1, 0.15) is 0 Å². The maximum absolute atomic E-state index is 11.7. The monoisotopic (exact) mass is 284 g/mol. The summed E-state index contributed by atoms with van der Waals surface area (Å²) in [4.78, 5) is 24.5. The number of carbonyl (C=O) groups excluding carboxylic acids is 1. The van der Waals surface area contributed by atoms with Gasteiger partial charge in [0.25, 0.3) is 0 Å². The first-order valence-corrected chi connectivity index (χ1v) is 7.04. The Bertz CT molecular complexity index is 718. The summed E-state index contributed by atoms with van der Waals surface area (Å²) in [5.41, 5.74) is 6.68. The van der Waals surface area contributed by atoms with Crippen LogP contribution < -0.4 is 16.0 Å². The number of nitrogens with one attached hydrogen (secondary N) is 1. The van der Waals surface area contributed by atoms with Crippen LogP contribution in [0, 0.1) is 0 Å². The average molecular weight is 284 g/mol. The van der Waals surface area contributed by atoms with E-state index in [9.17, 15) is 4.79 Å². The van der Waals surface area contributed by atoms with E-state index >= 15 is 0 Å². The van der Waals surface area contributed by atoms with E-state index in [2.05, 4.69) is 20.2 Å². The first kappa shape index (κ1) is 12.2. The van der Waals surface area contributed by atoms with Crippen LogP contribution in [-0.2, 0) is 0 Å². The van der Waals surface area contributed by atoms with E-state index in [1.807, 2.05) is 29.2 Å². The zero-order chi connectivity index (χ0) is 14.4. The number of nitrogens with two attached hydrogens (primary N) is 1. The Morgan fingerprint density at radius 3 is 3.00 bits per heavy atom. The van der Waals surface area contributed by atoms with Crippen molar-refractivity contribution in [3.8, 4) is 0 Å². The molecule has 0 saturated carbocycles. The zero-order valence-corrected chi connectivity index (χ0v) is 11.5. The molecule has 7 nitrogen and oxygen atoms in total. The third kappa shape index (κ3) is 1.93. The smallest absolute Gasteiger partial charge is 0.317 e. The number of hydrogen-bond acceptors (Lipinski definition) is 5. The van der Waals surface area contributed by atoms with Crippen LogP contribution in [0.5, 0.6) is 0 Å². The number of aromatic nitrogens is 2. The van der Waals surface area contributed by atoms with E-state index in [0.29, 0.717) is 13.1 Å². The van der Waals surface area contributed by atoms with Crippen molar-refractivity contribution < 1.29 is 4.79 Å². The molecular formula is C14H16N6O. The number of urea groups is 1. The lowest BCUT2D eigenvalue weighted by Gasteiger charge is -2.37. The Morgan fingerprint density at radius 1 is 1.24 bits per heavy atom. The minimum absolute atomic E-state index is 0.0340. The molecule has 0 radical (unpaired) electrons. The fraction of sp³-hybridized carbons (Fsp3) is 0.357. The van der Waals surface area contributed by atoms with Crippen LogP contribution in [0.4, 0.5) is 16.6 Å². The van der Waals surface area contributed by atoms with Crippen molar-refractivity contribution in [3.05, 3.63) is 24.3 Å². The first-order valence-electron chi connectivity index (χ1n) is 7.04. The van der Waals surface area contributed by atoms with E-state index < -0.39 is 0 Å². The summed E-state index contributed by atoms with van der Waals surface area (Å²) in [5.74, 6) is 1.14. The quantitative estimate of drug-likeness (QED) is 0.792. The van der Waals surface area contributed by atoms with Crippen molar-refractivity contribution >= 4 is 28.7 Å². The lowest BCUT2D eigenvalue weighted by Crippen LogP contribution is -2.52. The third-order valence-corrected chi connectivity index (χ3v) is 4.13. The van der Waals surface area contributed by atoms with Crippen LogP contribution in [-0.4, -0.2) is 53.1 Å². The van der Waals surface area contributed by atoms with E-state index in [1.54, 1.807) is 0 Å². The molecule has 2 saturated heterocycles. The summed E-state index contributed by atoms with van der Waals surface area (Å²) in [5, 5.41) is 3.88. The highest BCUT2D eigenvalue weighted by molar-refractivity contribution is 5.90. The number of anilines is 2. The van der Waals surface area contributed by atoms with Gasteiger partial charge in [-0.25, -0.2) is 9.78 Å². The van der Waals surface area contributed by atoms with Gasteiger partial charge in [0, 0.05) is 31.6 Å². The van der Waals surface area contributed by atoms with E-state index in [0.717, 1.165) is 29.8 Å². The number of para-hydroxylation sites is 1. The van der Waals surface area contributed by atoms with Crippen LogP contribution in [0.25, 0.3) is 10.9 Å². The SMILES string of the molecule is Nc1nc(N2CCN3C(=O)NCC3C2)c2ccccc2n1. The number of piperazine rings is 1. The lowest BCUT2D eigenvalue weighted by molar-refractivity contribution is 0.197. The molecule has 1 unspecified atom stereocenters. The molecule has 1 aromatic carbocycles. The summed E-state index contributed by atoms with van der Waals surface area (Å²) in [6.45, 7) is 2.91. The van der Waals surface area contributed by atoms with Gasteiger partial charge >= 0.3 is 6.03 Å². The summed E-state index contributed by atoms with van der Waals surface area (Å²) < 4.78 is 0. The second-order valence-electron chi connectivity index (χ2n) is 5.40. The molecule has 0 bridgehead atoms. The van der Waals surface area contributed by atoms with Gasteiger partial charge in [-0.2, -0.15) is 4.98 Å². The average Bonchev–Trinajstić information content (AvgIpc) is 2.87. The fourth-order valence-electron chi connectivity index (χ4n) is 3.11. The predicted octanol–water partition coefficient (Wildman–Crippen LogP) is 0.426. The van der Waals surface area contributed by atoms with Crippen LogP contribution in [0.2, 0.25) is 0 Å². The number of nitrogens with zero attached hydrogens (tertiary/aromatic N) is 4. The normalized spacial score (nSPS) is 21.5. The molecule has 2 aliphatic heterocycles. The molecule has 3 N–H and O–H groups in total. The minimum Gasteiger partial charge on any atom is -0.368 e. The van der Waals surface area contributed by atoms with Crippen molar-refractivity contribution in [2.45, 2.75) is 6.04 Å². The maximum Gasteiger partial charge on any atom is 0.317 e. The molecule has 2 aliphatic rings. The predicted molar refractivity (Wildman–Crippen MR) is 80.1 cm³/mol. The van der Waals surface area contributed by atoms with E-state index in [-0.39, 0.29) is 18.0 Å². The van der Waals surface area contributed by atoms with Gasteiger partial charge in [-0.05, 0) is 12.1 Å². The Labute approximate surface area is 121 Å². The molecule has 1 aromatic heterocycles. The van der Waals surface area contributed by atoms with Gasteiger partial charge in [0.15, 0.2) is 0 Å². The molecule has 1 atom stereocenters. The van der Waals surface area contributed by atoms with Crippen molar-refractivity contribution in [3.63, 3.8) is 0 Å². The highest BCUT2D eigenvalue weighted by Gasteiger charge is 2.36. The number of rotatable bonds is 1. The van der Waals surface area contributed by atoms with Crippen molar-refractivity contribution in [1.82, 2.24) is 20.2 Å². The van der Waals surface area contributed by atoms with Gasteiger partial charge < -0.3 is 20.9 Å². The number of amides is 2. The van der Waals surface area contributed by atoms with Gasteiger partial charge in [0.1, 0.15) is 5.82 Å². The topological polar surface area (TPSA) is 87.4 Å². The number of nitrogen functional groups attached to an aromatic ring is 1. The summed E-state index contributed by atoms with van der Waals surface area (Å²) in [6, 6.07) is 8.09. The summed E-state index contributed by atoms with van der Waals surface area (Å²) in [6.07, 6.45) is 0. The minimum atomic E-state index is 0.0340. The number of hydrogen-bond donors (Lipinski definition) is 2. The van der Waals surface area contributed by atoms with Gasteiger partial charge in [-0.15, -0.1) is 0 Å². The molecule has 21 heavy (non-hydrogen) atoms. The van der Waals surface area contributed by atoms with Gasteiger partial charge in [0.2, 0.25) is 5.95 Å². The van der Waals surface area contributed by atoms with Gasteiger partial charge in [-0.1, -0.05) is 12.1 Å². The highest BCUT2D eigenvalue weighted by Crippen LogP contribution is 2.27. The van der Waals surface area contributed by atoms with Crippen molar-refractivity contribution in [2.24, 2.45) is 0 Å². The molecule has 0 aliphatic carbocycles. The maximum atomic E-state index is 11.7. The zero-order valence-electron chi connectivity index (χ0n) is 11.5. The fourth-order valence-corrected chi connectivity index (χ4v) is 3.11. The van der Waals surface area contributed by atoms with Crippen molar-refractivity contribution in [2.75, 3.05) is 36.8 Å². The molecule has 108 valence electrons. The summed E-state index contributed by atoms with van der Waals surface area (Å²) in [7, 11) is 0. The first-order chi connectivity index (χ1) is 10.2. The Kier molecular flexibility index (Phi) is 2.60. The third-order valence-electron chi connectivity index (χ3n) is 4.13. The molecule has 0 spiro atoms. The van der Waals surface area contributed by atoms with E-state index in [4.69, 9.17) is 5.73 Å². The standard InChI is InChI=1S/C14H16N6O/c15-13-17-11-4-2-1-3-10(11)12(18-13)19-5-6-20-9(8-19)7-16-14(20)21/h1-4,9H,5-8H2,(H,16,21)(H2,15,17,18). The van der Waals surface area contributed by atoms with Gasteiger partial charge in [0.05, 0.1) is 11.6 Å².